The molecule has 0 heterocycles. The maximum Gasteiger partial charge on any atom is 0.125 e. The first-order valence-corrected chi connectivity index (χ1v) is 6.76. The van der Waals surface area contributed by atoms with Gasteiger partial charge in [-0.2, -0.15) is 0 Å². The molecule has 0 bridgehead atoms. The third-order valence-corrected chi connectivity index (χ3v) is 3.19. The minimum absolute atomic E-state index is 0.274. The maximum atomic E-state index is 13.1. The van der Waals surface area contributed by atoms with Gasteiger partial charge in [0, 0.05) is 6.21 Å². The average Bonchev–Trinajstić information content (AvgIpc) is 2.54. The van der Waals surface area contributed by atoms with Crippen molar-refractivity contribution in [3.63, 3.8) is 0 Å². The SMILES string of the molecule is Fc1cccc(N=Cc2ccc(-c3ccccc3)cc2)c1. The molecule has 0 amide bonds. The molecule has 0 unspecified atom stereocenters. The first kappa shape index (κ1) is 13.3. The number of aliphatic imine (C=N–C) groups is 1. The summed E-state index contributed by atoms with van der Waals surface area (Å²) in [5.74, 6) is -0.274. The lowest BCUT2D eigenvalue weighted by Crippen LogP contribution is -1.82. The molecular weight excluding hydrogens is 261 g/mol. The molecular formula is C19H14FN. The fraction of sp³-hybridized carbons (Fsp3) is 0. The second kappa shape index (κ2) is 6.14. The van der Waals surface area contributed by atoms with Crippen LogP contribution in [-0.4, -0.2) is 6.21 Å². The standard InChI is InChI=1S/C19H14FN/c20-18-7-4-8-19(13-18)21-14-15-9-11-17(12-10-15)16-5-2-1-3-6-16/h1-14H. The van der Waals surface area contributed by atoms with Gasteiger partial charge in [0.1, 0.15) is 5.82 Å². The molecule has 0 aromatic heterocycles. The van der Waals surface area contributed by atoms with Gasteiger partial charge in [0.05, 0.1) is 5.69 Å². The van der Waals surface area contributed by atoms with Crippen LogP contribution in [0.4, 0.5) is 10.1 Å². The van der Waals surface area contributed by atoms with Crippen molar-refractivity contribution in [2.75, 3.05) is 0 Å². The molecule has 3 rings (SSSR count). The molecule has 0 radical (unpaired) electrons. The zero-order chi connectivity index (χ0) is 14.5. The van der Waals surface area contributed by atoms with Crippen molar-refractivity contribution >= 4 is 11.9 Å². The van der Waals surface area contributed by atoms with E-state index in [2.05, 4.69) is 29.3 Å². The van der Waals surface area contributed by atoms with E-state index in [4.69, 9.17) is 0 Å². The molecule has 0 N–H and O–H groups in total. The molecule has 102 valence electrons. The average molecular weight is 275 g/mol. The monoisotopic (exact) mass is 275 g/mol. The van der Waals surface area contributed by atoms with Crippen LogP contribution >= 0.6 is 0 Å². The van der Waals surface area contributed by atoms with Crippen molar-refractivity contribution in [2.45, 2.75) is 0 Å². The summed E-state index contributed by atoms with van der Waals surface area (Å²) in [4.78, 5) is 4.27. The quantitative estimate of drug-likeness (QED) is 0.579. The highest BCUT2D eigenvalue weighted by Crippen LogP contribution is 2.19. The lowest BCUT2D eigenvalue weighted by molar-refractivity contribution is 0.628. The van der Waals surface area contributed by atoms with Crippen LogP contribution in [0.1, 0.15) is 5.56 Å². The molecule has 0 spiro atoms. The van der Waals surface area contributed by atoms with E-state index in [9.17, 15) is 4.39 Å². The summed E-state index contributed by atoms with van der Waals surface area (Å²) in [7, 11) is 0. The normalized spacial score (nSPS) is 10.9. The molecule has 0 aliphatic heterocycles. The van der Waals surface area contributed by atoms with Crippen molar-refractivity contribution in [3.8, 4) is 11.1 Å². The Balaban J connectivity index is 1.79. The van der Waals surface area contributed by atoms with Gasteiger partial charge in [-0.15, -0.1) is 0 Å². The Morgan fingerprint density at radius 1 is 0.714 bits per heavy atom. The summed E-state index contributed by atoms with van der Waals surface area (Å²) in [5, 5.41) is 0. The molecule has 0 saturated carbocycles. The van der Waals surface area contributed by atoms with Crippen molar-refractivity contribution in [1.82, 2.24) is 0 Å². The molecule has 0 saturated heterocycles. The van der Waals surface area contributed by atoms with E-state index < -0.39 is 0 Å². The lowest BCUT2D eigenvalue weighted by atomic mass is 10.0. The van der Waals surface area contributed by atoms with Gasteiger partial charge < -0.3 is 0 Å². The number of benzene rings is 3. The van der Waals surface area contributed by atoms with Gasteiger partial charge in [-0.05, 0) is 34.9 Å². The van der Waals surface area contributed by atoms with Gasteiger partial charge in [-0.1, -0.05) is 60.7 Å². The van der Waals surface area contributed by atoms with E-state index in [1.165, 1.54) is 23.3 Å². The van der Waals surface area contributed by atoms with Gasteiger partial charge in [0.2, 0.25) is 0 Å². The van der Waals surface area contributed by atoms with E-state index in [-0.39, 0.29) is 5.82 Å². The largest absolute Gasteiger partial charge is 0.256 e. The van der Waals surface area contributed by atoms with Crippen molar-refractivity contribution < 1.29 is 4.39 Å². The summed E-state index contributed by atoms with van der Waals surface area (Å²) in [6.45, 7) is 0. The van der Waals surface area contributed by atoms with E-state index in [0.717, 1.165) is 5.56 Å². The van der Waals surface area contributed by atoms with Gasteiger partial charge in [-0.3, -0.25) is 4.99 Å². The predicted molar refractivity (Wildman–Crippen MR) is 85.5 cm³/mol. The minimum atomic E-state index is -0.274. The highest BCUT2D eigenvalue weighted by Gasteiger charge is 1.96. The summed E-state index contributed by atoms with van der Waals surface area (Å²) >= 11 is 0. The molecule has 3 aromatic carbocycles. The zero-order valence-corrected chi connectivity index (χ0v) is 11.4. The predicted octanol–water partition coefficient (Wildman–Crippen LogP) is 5.24. The fourth-order valence-electron chi connectivity index (χ4n) is 2.10. The molecule has 21 heavy (non-hydrogen) atoms. The topological polar surface area (TPSA) is 12.4 Å². The van der Waals surface area contributed by atoms with Crippen LogP contribution in [0.3, 0.4) is 0 Å². The molecule has 0 atom stereocenters. The van der Waals surface area contributed by atoms with Crippen molar-refractivity contribution in [1.29, 1.82) is 0 Å². The number of rotatable bonds is 3. The molecule has 2 heteroatoms. The van der Waals surface area contributed by atoms with Gasteiger partial charge in [-0.25, -0.2) is 4.39 Å². The van der Waals surface area contributed by atoms with Crippen LogP contribution < -0.4 is 0 Å². The summed E-state index contributed by atoms with van der Waals surface area (Å²) in [6, 6.07) is 24.6. The second-order valence-corrected chi connectivity index (χ2v) is 4.73. The Hall–Kier alpha value is -2.74. The molecule has 1 nitrogen and oxygen atoms in total. The van der Waals surface area contributed by atoms with Crippen LogP contribution in [0.15, 0.2) is 83.9 Å². The highest BCUT2D eigenvalue weighted by molar-refractivity contribution is 5.83. The first-order valence-electron chi connectivity index (χ1n) is 6.76. The third-order valence-electron chi connectivity index (χ3n) is 3.19. The fourth-order valence-corrected chi connectivity index (χ4v) is 2.10. The number of nitrogens with zero attached hydrogens (tertiary/aromatic N) is 1. The summed E-state index contributed by atoms with van der Waals surface area (Å²) in [6.07, 6.45) is 1.74. The van der Waals surface area contributed by atoms with Crippen LogP contribution in [0.5, 0.6) is 0 Å². The van der Waals surface area contributed by atoms with Crippen LogP contribution in [0.25, 0.3) is 11.1 Å². The van der Waals surface area contributed by atoms with Crippen molar-refractivity contribution in [2.24, 2.45) is 4.99 Å². The maximum absolute atomic E-state index is 13.1. The lowest BCUT2D eigenvalue weighted by Gasteiger charge is -2.01. The van der Waals surface area contributed by atoms with E-state index in [1.54, 1.807) is 18.3 Å². The van der Waals surface area contributed by atoms with Crippen LogP contribution in [-0.2, 0) is 0 Å². The Labute approximate surface area is 123 Å². The van der Waals surface area contributed by atoms with Gasteiger partial charge in [0.15, 0.2) is 0 Å². The number of halogens is 1. The summed E-state index contributed by atoms with van der Waals surface area (Å²) < 4.78 is 13.1. The zero-order valence-electron chi connectivity index (χ0n) is 11.4. The Morgan fingerprint density at radius 2 is 1.43 bits per heavy atom. The Bertz CT molecular complexity index is 746. The number of hydrogen-bond acceptors (Lipinski definition) is 1. The Morgan fingerprint density at radius 3 is 2.14 bits per heavy atom. The number of hydrogen-bond donors (Lipinski definition) is 0. The van der Waals surface area contributed by atoms with E-state index in [0.29, 0.717) is 5.69 Å². The van der Waals surface area contributed by atoms with E-state index >= 15 is 0 Å². The third kappa shape index (κ3) is 3.42. The molecule has 0 aliphatic carbocycles. The van der Waals surface area contributed by atoms with Crippen LogP contribution in [0.2, 0.25) is 0 Å². The highest BCUT2D eigenvalue weighted by atomic mass is 19.1. The smallest absolute Gasteiger partial charge is 0.125 e. The minimum Gasteiger partial charge on any atom is -0.256 e. The summed E-state index contributed by atoms with van der Waals surface area (Å²) in [5.41, 5.74) is 3.95. The molecule has 0 fully saturated rings. The molecule has 0 aliphatic rings. The first-order chi connectivity index (χ1) is 10.3. The molecule has 3 aromatic rings. The van der Waals surface area contributed by atoms with Crippen molar-refractivity contribution in [3.05, 3.63) is 90.2 Å². The van der Waals surface area contributed by atoms with Crippen LogP contribution in [0, 0.1) is 5.82 Å². The van der Waals surface area contributed by atoms with Gasteiger partial charge in [0.25, 0.3) is 0 Å². The Kier molecular flexibility index (Phi) is 3.88. The van der Waals surface area contributed by atoms with Gasteiger partial charge >= 0.3 is 0 Å². The van der Waals surface area contributed by atoms with E-state index in [1.807, 2.05) is 30.3 Å². The second-order valence-electron chi connectivity index (χ2n) is 4.73.